The average molecular weight is 251 g/mol. The Bertz CT molecular complexity index is 431. The topological polar surface area (TPSA) is 21.3 Å². The Balaban J connectivity index is 2.47. The van der Waals surface area contributed by atoms with E-state index in [0.29, 0.717) is 5.75 Å². The molecular weight excluding hydrogens is 229 g/mol. The van der Waals surface area contributed by atoms with Gasteiger partial charge in [0.25, 0.3) is 0 Å². The highest BCUT2D eigenvalue weighted by Crippen LogP contribution is 2.46. The first-order valence-electron chi connectivity index (χ1n) is 6.50. The standard InChI is InChI=1S/C15H22FNO/c1-14(2,3)15(8-5-9-17-15)11-6-7-13(18-4)12(16)10-11/h6-7,10,17H,5,8-9H2,1-4H3. The van der Waals surface area contributed by atoms with Gasteiger partial charge in [-0.05, 0) is 42.5 Å². The van der Waals surface area contributed by atoms with Crippen molar-refractivity contribution in [1.82, 2.24) is 5.32 Å². The van der Waals surface area contributed by atoms with E-state index < -0.39 is 0 Å². The summed E-state index contributed by atoms with van der Waals surface area (Å²) in [6.07, 6.45) is 2.17. The largest absolute Gasteiger partial charge is 0.494 e. The van der Waals surface area contributed by atoms with Gasteiger partial charge in [-0.2, -0.15) is 0 Å². The fourth-order valence-corrected chi connectivity index (χ4v) is 3.00. The van der Waals surface area contributed by atoms with Crippen LogP contribution in [0.25, 0.3) is 0 Å². The molecule has 1 saturated heterocycles. The normalized spacial score (nSPS) is 24.3. The highest BCUT2D eigenvalue weighted by molar-refractivity contribution is 5.35. The van der Waals surface area contributed by atoms with Crippen molar-refractivity contribution in [3.63, 3.8) is 0 Å². The monoisotopic (exact) mass is 251 g/mol. The smallest absolute Gasteiger partial charge is 0.165 e. The molecule has 1 aromatic rings. The second-order valence-corrected chi connectivity index (χ2v) is 6.03. The molecule has 1 atom stereocenters. The quantitative estimate of drug-likeness (QED) is 0.869. The molecule has 2 rings (SSSR count). The Kier molecular flexibility index (Phi) is 3.37. The first-order chi connectivity index (χ1) is 8.40. The predicted molar refractivity (Wildman–Crippen MR) is 71.3 cm³/mol. The second kappa shape index (κ2) is 4.54. The molecule has 2 nitrogen and oxygen atoms in total. The van der Waals surface area contributed by atoms with Gasteiger partial charge in [-0.1, -0.05) is 26.8 Å². The third-order valence-electron chi connectivity index (χ3n) is 4.08. The third-order valence-corrected chi connectivity index (χ3v) is 4.08. The molecule has 0 spiro atoms. The Morgan fingerprint density at radius 1 is 1.33 bits per heavy atom. The summed E-state index contributed by atoms with van der Waals surface area (Å²) in [5, 5.41) is 3.58. The van der Waals surface area contributed by atoms with Crippen LogP contribution in [0.15, 0.2) is 18.2 Å². The molecule has 1 fully saturated rings. The Labute approximate surface area is 109 Å². The number of rotatable bonds is 2. The van der Waals surface area contributed by atoms with Crippen molar-refractivity contribution in [2.75, 3.05) is 13.7 Å². The minimum Gasteiger partial charge on any atom is -0.494 e. The van der Waals surface area contributed by atoms with Gasteiger partial charge in [0.15, 0.2) is 11.6 Å². The van der Waals surface area contributed by atoms with E-state index in [-0.39, 0.29) is 16.8 Å². The summed E-state index contributed by atoms with van der Waals surface area (Å²) in [6, 6.07) is 5.31. The molecule has 18 heavy (non-hydrogen) atoms. The number of methoxy groups -OCH3 is 1. The number of hydrogen-bond acceptors (Lipinski definition) is 2. The number of nitrogens with one attached hydrogen (secondary N) is 1. The molecule has 1 unspecified atom stereocenters. The maximum Gasteiger partial charge on any atom is 0.165 e. The minimum atomic E-state index is -0.285. The molecule has 0 saturated carbocycles. The van der Waals surface area contributed by atoms with Crippen molar-refractivity contribution >= 4 is 0 Å². The maximum absolute atomic E-state index is 13.9. The van der Waals surface area contributed by atoms with Gasteiger partial charge in [0.05, 0.1) is 7.11 Å². The second-order valence-electron chi connectivity index (χ2n) is 6.03. The van der Waals surface area contributed by atoms with Crippen molar-refractivity contribution in [2.24, 2.45) is 5.41 Å². The summed E-state index contributed by atoms with van der Waals surface area (Å²) in [4.78, 5) is 0. The molecule has 3 heteroatoms. The van der Waals surface area contributed by atoms with Gasteiger partial charge in [-0.25, -0.2) is 4.39 Å². The zero-order valence-electron chi connectivity index (χ0n) is 11.6. The Morgan fingerprint density at radius 3 is 2.50 bits per heavy atom. The van der Waals surface area contributed by atoms with E-state index in [0.717, 1.165) is 24.9 Å². The van der Waals surface area contributed by atoms with Crippen molar-refractivity contribution in [3.8, 4) is 5.75 Å². The number of ether oxygens (including phenoxy) is 1. The van der Waals surface area contributed by atoms with Gasteiger partial charge >= 0.3 is 0 Å². The lowest BCUT2D eigenvalue weighted by molar-refractivity contribution is 0.160. The molecule has 0 aliphatic carbocycles. The summed E-state index contributed by atoms with van der Waals surface area (Å²) in [5.41, 5.74) is 0.927. The lowest BCUT2D eigenvalue weighted by atomic mass is 9.68. The summed E-state index contributed by atoms with van der Waals surface area (Å²) in [6.45, 7) is 7.60. The molecule has 0 aromatic heterocycles. The number of benzene rings is 1. The van der Waals surface area contributed by atoms with Crippen LogP contribution in [0.2, 0.25) is 0 Å². The number of hydrogen-bond donors (Lipinski definition) is 1. The molecular formula is C15H22FNO. The fraction of sp³-hybridized carbons (Fsp3) is 0.600. The van der Waals surface area contributed by atoms with E-state index >= 15 is 0 Å². The van der Waals surface area contributed by atoms with E-state index in [4.69, 9.17) is 4.74 Å². The summed E-state index contributed by atoms with van der Waals surface area (Å²) in [7, 11) is 1.49. The molecule has 1 aliphatic rings. The van der Waals surface area contributed by atoms with Crippen LogP contribution >= 0.6 is 0 Å². The maximum atomic E-state index is 13.9. The van der Waals surface area contributed by atoms with Crippen LogP contribution in [0.4, 0.5) is 4.39 Å². The first kappa shape index (κ1) is 13.3. The van der Waals surface area contributed by atoms with Crippen LogP contribution in [0.5, 0.6) is 5.75 Å². The van der Waals surface area contributed by atoms with Crippen molar-refractivity contribution in [3.05, 3.63) is 29.6 Å². The van der Waals surface area contributed by atoms with Crippen molar-refractivity contribution < 1.29 is 9.13 Å². The molecule has 0 radical (unpaired) electrons. The van der Waals surface area contributed by atoms with E-state index in [1.807, 2.05) is 6.07 Å². The Hall–Kier alpha value is -1.09. The van der Waals surface area contributed by atoms with Crippen molar-refractivity contribution in [1.29, 1.82) is 0 Å². The molecule has 0 bridgehead atoms. The van der Waals surface area contributed by atoms with E-state index in [9.17, 15) is 4.39 Å². The van der Waals surface area contributed by atoms with Crippen LogP contribution < -0.4 is 10.1 Å². The minimum absolute atomic E-state index is 0.0462. The summed E-state index contributed by atoms with van der Waals surface area (Å²) in [5.74, 6) is 0.0214. The van der Waals surface area contributed by atoms with Gasteiger partial charge in [0.1, 0.15) is 0 Å². The van der Waals surface area contributed by atoms with Gasteiger partial charge in [-0.3, -0.25) is 0 Å². The predicted octanol–water partition coefficient (Wildman–Crippen LogP) is 3.46. The SMILES string of the molecule is COc1ccc(C2(C(C)(C)C)CCCN2)cc1F. The molecule has 1 aliphatic heterocycles. The zero-order chi connectivity index (χ0) is 13.4. The van der Waals surface area contributed by atoms with Crippen molar-refractivity contribution in [2.45, 2.75) is 39.2 Å². The van der Waals surface area contributed by atoms with Gasteiger partial charge in [0.2, 0.25) is 0 Å². The number of halogens is 1. The van der Waals surface area contributed by atoms with Crippen LogP contribution in [0.3, 0.4) is 0 Å². The lowest BCUT2D eigenvalue weighted by Gasteiger charge is -2.43. The van der Waals surface area contributed by atoms with E-state index in [1.165, 1.54) is 7.11 Å². The van der Waals surface area contributed by atoms with Crippen LogP contribution in [-0.4, -0.2) is 13.7 Å². The van der Waals surface area contributed by atoms with Gasteiger partial charge in [-0.15, -0.1) is 0 Å². The zero-order valence-corrected chi connectivity index (χ0v) is 11.6. The highest BCUT2D eigenvalue weighted by Gasteiger charge is 2.45. The lowest BCUT2D eigenvalue weighted by Crippen LogP contribution is -2.48. The molecule has 1 heterocycles. The highest BCUT2D eigenvalue weighted by atomic mass is 19.1. The third kappa shape index (κ3) is 2.01. The Morgan fingerprint density at radius 2 is 2.06 bits per heavy atom. The molecule has 100 valence electrons. The summed E-state index contributed by atoms with van der Waals surface area (Å²) >= 11 is 0. The van der Waals surface area contributed by atoms with E-state index in [1.54, 1.807) is 12.1 Å². The molecule has 0 amide bonds. The molecule has 1 aromatic carbocycles. The van der Waals surface area contributed by atoms with Gasteiger partial charge < -0.3 is 10.1 Å². The first-order valence-corrected chi connectivity index (χ1v) is 6.50. The van der Waals surface area contributed by atoms with E-state index in [2.05, 4.69) is 26.1 Å². The van der Waals surface area contributed by atoms with Crippen LogP contribution in [-0.2, 0) is 5.54 Å². The van der Waals surface area contributed by atoms with Crippen LogP contribution in [0.1, 0.15) is 39.2 Å². The van der Waals surface area contributed by atoms with Gasteiger partial charge in [0, 0.05) is 5.54 Å². The average Bonchev–Trinajstić information content (AvgIpc) is 2.78. The molecule has 1 N–H and O–H groups in total. The van der Waals surface area contributed by atoms with Crippen LogP contribution in [0, 0.1) is 11.2 Å². The summed E-state index contributed by atoms with van der Waals surface area (Å²) < 4.78 is 18.9. The fourth-order valence-electron chi connectivity index (χ4n) is 3.00.